The van der Waals surface area contributed by atoms with Gasteiger partial charge >= 0.3 is 0 Å². The third-order valence-electron chi connectivity index (χ3n) is 4.81. The maximum absolute atomic E-state index is 12.3. The summed E-state index contributed by atoms with van der Waals surface area (Å²) in [7, 11) is 3.14. The second kappa shape index (κ2) is 10.9. The fourth-order valence-corrected chi connectivity index (χ4v) is 3.15. The number of rotatable bonds is 10. The molecule has 0 saturated heterocycles. The van der Waals surface area contributed by atoms with Crippen molar-refractivity contribution >= 4 is 5.91 Å². The predicted molar refractivity (Wildman–Crippen MR) is 119 cm³/mol. The van der Waals surface area contributed by atoms with Gasteiger partial charge in [-0.3, -0.25) is 4.79 Å². The van der Waals surface area contributed by atoms with Crippen LogP contribution in [-0.4, -0.2) is 31.8 Å². The van der Waals surface area contributed by atoms with Crippen LogP contribution in [0.5, 0.6) is 23.0 Å². The smallest absolute Gasteiger partial charge is 0.224 e. The summed E-state index contributed by atoms with van der Waals surface area (Å²) < 4.78 is 16.2. The molecule has 0 aliphatic carbocycles. The first-order valence-corrected chi connectivity index (χ1v) is 10.0. The lowest BCUT2D eigenvalue weighted by Gasteiger charge is -2.11. The minimum Gasteiger partial charge on any atom is -0.504 e. The Balaban J connectivity index is 1.50. The highest BCUT2D eigenvalue weighted by atomic mass is 16.5. The summed E-state index contributed by atoms with van der Waals surface area (Å²) in [5, 5.41) is 13.0. The first kappa shape index (κ1) is 22.0. The number of hydrogen-bond acceptors (Lipinski definition) is 5. The van der Waals surface area contributed by atoms with Crippen LogP contribution in [0.1, 0.15) is 16.7 Å². The maximum Gasteiger partial charge on any atom is 0.224 e. The Bertz CT molecular complexity index is 1000. The molecule has 1 amide bonds. The molecule has 0 aliphatic heterocycles. The third kappa shape index (κ3) is 6.40. The summed E-state index contributed by atoms with van der Waals surface area (Å²) in [5.41, 5.74) is 2.83. The number of amides is 1. The highest BCUT2D eigenvalue weighted by molar-refractivity contribution is 5.78. The predicted octanol–water partition coefficient (Wildman–Crippen LogP) is 3.89. The van der Waals surface area contributed by atoms with Crippen LogP contribution < -0.4 is 19.5 Å². The average Bonchev–Trinajstić information content (AvgIpc) is 2.79. The Hall–Kier alpha value is -3.67. The zero-order valence-electron chi connectivity index (χ0n) is 17.8. The molecule has 31 heavy (non-hydrogen) atoms. The van der Waals surface area contributed by atoms with Gasteiger partial charge in [-0.15, -0.1) is 0 Å². The summed E-state index contributed by atoms with van der Waals surface area (Å²) in [6, 6.07) is 20.4. The van der Waals surface area contributed by atoms with Gasteiger partial charge in [0.05, 0.1) is 20.6 Å². The van der Waals surface area contributed by atoms with E-state index < -0.39 is 0 Å². The molecule has 0 fully saturated rings. The lowest BCUT2D eigenvalue weighted by Crippen LogP contribution is -2.27. The van der Waals surface area contributed by atoms with Gasteiger partial charge in [-0.25, -0.2) is 0 Å². The highest BCUT2D eigenvalue weighted by Gasteiger charge is 2.09. The highest BCUT2D eigenvalue weighted by Crippen LogP contribution is 2.28. The van der Waals surface area contributed by atoms with E-state index in [0.29, 0.717) is 36.8 Å². The Morgan fingerprint density at radius 1 is 0.839 bits per heavy atom. The first-order valence-electron chi connectivity index (χ1n) is 10.0. The van der Waals surface area contributed by atoms with Crippen molar-refractivity contribution in [3.8, 4) is 23.0 Å². The van der Waals surface area contributed by atoms with Crippen LogP contribution in [0.4, 0.5) is 0 Å². The first-order chi connectivity index (χ1) is 15.1. The summed E-state index contributed by atoms with van der Waals surface area (Å²) in [4.78, 5) is 12.3. The third-order valence-corrected chi connectivity index (χ3v) is 4.81. The fraction of sp³-hybridized carbons (Fsp3) is 0.240. The van der Waals surface area contributed by atoms with Crippen LogP contribution in [-0.2, 0) is 24.2 Å². The SMILES string of the molecule is COc1ccc(CC(=O)NCCc2ccc(O)c(OCc3ccccc3)c2)cc1OC. The molecule has 0 aliphatic rings. The van der Waals surface area contributed by atoms with Crippen molar-refractivity contribution in [1.29, 1.82) is 0 Å². The summed E-state index contributed by atoms with van der Waals surface area (Å²) in [6.07, 6.45) is 0.876. The van der Waals surface area contributed by atoms with Gasteiger partial charge in [-0.05, 0) is 47.4 Å². The Morgan fingerprint density at radius 2 is 1.55 bits per heavy atom. The zero-order chi connectivity index (χ0) is 22.1. The molecule has 0 spiro atoms. The molecule has 0 unspecified atom stereocenters. The number of benzene rings is 3. The van der Waals surface area contributed by atoms with Crippen molar-refractivity contribution in [2.75, 3.05) is 20.8 Å². The molecule has 162 valence electrons. The van der Waals surface area contributed by atoms with Gasteiger partial charge in [0.2, 0.25) is 5.91 Å². The molecule has 0 aromatic heterocycles. The number of aromatic hydroxyl groups is 1. The number of methoxy groups -OCH3 is 2. The van der Waals surface area contributed by atoms with Crippen LogP contribution in [0, 0.1) is 0 Å². The number of nitrogens with one attached hydrogen (secondary N) is 1. The second-order valence-corrected chi connectivity index (χ2v) is 7.04. The van der Waals surface area contributed by atoms with Gasteiger partial charge in [-0.2, -0.15) is 0 Å². The summed E-state index contributed by atoms with van der Waals surface area (Å²) in [5.74, 6) is 1.67. The van der Waals surface area contributed by atoms with Gasteiger partial charge in [0.25, 0.3) is 0 Å². The molecule has 0 atom stereocenters. The van der Waals surface area contributed by atoms with Crippen LogP contribution in [0.3, 0.4) is 0 Å². The summed E-state index contributed by atoms with van der Waals surface area (Å²) in [6.45, 7) is 0.856. The fourth-order valence-electron chi connectivity index (χ4n) is 3.15. The lowest BCUT2D eigenvalue weighted by atomic mass is 10.1. The largest absolute Gasteiger partial charge is 0.504 e. The van der Waals surface area contributed by atoms with Gasteiger partial charge in [0.15, 0.2) is 23.0 Å². The van der Waals surface area contributed by atoms with E-state index in [4.69, 9.17) is 14.2 Å². The van der Waals surface area contributed by atoms with E-state index in [1.54, 1.807) is 38.5 Å². The Kier molecular flexibility index (Phi) is 7.76. The normalized spacial score (nSPS) is 10.4. The number of hydrogen-bond donors (Lipinski definition) is 2. The molecule has 0 bridgehead atoms. The molecule has 3 rings (SSSR count). The minimum atomic E-state index is -0.0773. The van der Waals surface area contributed by atoms with Crippen molar-refractivity contribution in [3.63, 3.8) is 0 Å². The molecule has 0 heterocycles. The monoisotopic (exact) mass is 421 g/mol. The van der Waals surface area contributed by atoms with Crippen molar-refractivity contribution in [2.45, 2.75) is 19.4 Å². The number of phenols is 1. The quantitative estimate of drug-likeness (QED) is 0.519. The van der Waals surface area contributed by atoms with Crippen LogP contribution >= 0.6 is 0 Å². The lowest BCUT2D eigenvalue weighted by molar-refractivity contribution is -0.120. The van der Waals surface area contributed by atoms with Gasteiger partial charge in [0, 0.05) is 6.54 Å². The van der Waals surface area contributed by atoms with E-state index in [-0.39, 0.29) is 18.1 Å². The van der Waals surface area contributed by atoms with Crippen molar-refractivity contribution < 1.29 is 24.1 Å². The van der Waals surface area contributed by atoms with Gasteiger partial charge in [0.1, 0.15) is 6.61 Å². The van der Waals surface area contributed by atoms with E-state index >= 15 is 0 Å². The topological polar surface area (TPSA) is 77.0 Å². The van der Waals surface area contributed by atoms with Crippen molar-refractivity contribution in [2.24, 2.45) is 0 Å². The number of carbonyl (C=O) groups excluding carboxylic acids is 1. The van der Waals surface area contributed by atoms with Crippen LogP contribution in [0.2, 0.25) is 0 Å². The molecule has 0 radical (unpaired) electrons. The van der Waals surface area contributed by atoms with Crippen LogP contribution in [0.25, 0.3) is 0 Å². The number of ether oxygens (including phenoxy) is 3. The minimum absolute atomic E-state index is 0.0773. The van der Waals surface area contributed by atoms with E-state index in [2.05, 4.69) is 5.32 Å². The molecule has 0 saturated carbocycles. The molecule has 6 heteroatoms. The number of carbonyl (C=O) groups is 1. The van der Waals surface area contributed by atoms with Gasteiger partial charge in [-0.1, -0.05) is 42.5 Å². The molecular weight excluding hydrogens is 394 g/mol. The molecule has 6 nitrogen and oxygen atoms in total. The Labute approximate surface area is 182 Å². The molecular formula is C25H27NO5. The van der Waals surface area contributed by atoms with E-state index in [0.717, 1.165) is 16.7 Å². The average molecular weight is 421 g/mol. The summed E-state index contributed by atoms with van der Waals surface area (Å²) >= 11 is 0. The zero-order valence-corrected chi connectivity index (χ0v) is 17.8. The molecule has 2 N–H and O–H groups in total. The van der Waals surface area contributed by atoms with E-state index in [1.807, 2.05) is 42.5 Å². The number of phenolic OH excluding ortho intramolecular Hbond substituents is 1. The van der Waals surface area contributed by atoms with Crippen molar-refractivity contribution in [3.05, 3.63) is 83.4 Å². The molecule has 3 aromatic rings. The van der Waals surface area contributed by atoms with E-state index in [9.17, 15) is 9.90 Å². The van der Waals surface area contributed by atoms with Gasteiger partial charge < -0.3 is 24.6 Å². The van der Waals surface area contributed by atoms with E-state index in [1.165, 1.54) is 0 Å². The Morgan fingerprint density at radius 3 is 2.29 bits per heavy atom. The standard InChI is InChI=1S/C25H27NO5/c1-29-22-11-9-20(15-24(22)30-2)16-25(28)26-13-12-18-8-10-21(27)23(14-18)31-17-19-6-4-3-5-7-19/h3-11,14-15,27H,12-13,16-17H2,1-2H3,(H,26,28). The maximum atomic E-state index is 12.3. The molecule has 3 aromatic carbocycles. The van der Waals surface area contributed by atoms with Crippen LogP contribution in [0.15, 0.2) is 66.7 Å². The van der Waals surface area contributed by atoms with Crippen molar-refractivity contribution in [1.82, 2.24) is 5.32 Å². The second-order valence-electron chi connectivity index (χ2n) is 7.04.